The van der Waals surface area contributed by atoms with E-state index in [-0.39, 0.29) is 5.25 Å². The number of sulfonamides is 1. The van der Waals surface area contributed by atoms with E-state index in [1.54, 1.807) is 4.31 Å². The molecule has 0 aromatic heterocycles. The molecule has 5 heteroatoms. The molecule has 100 valence electrons. The predicted molar refractivity (Wildman–Crippen MR) is 69.3 cm³/mol. The van der Waals surface area contributed by atoms with Crippen LogP contribution in [0.5, 0.6) is 0 Å². The van der Waals surface area contributed by atoms with Crippen molar-refractivity contribution in [1.82, 2.24) is 9.62 Å². The van der Waals surface area contributed by atoms with E-state index in [1.807, 2.05) is 0 Å². The molecule has 0 aromatic rings. The number of hydrogen-bond acceptors (Lipinski definition) is 3. The van der Waals surface area contributed by atoms with Crippen molar-refractivity contribution < 1.29 is 8.42 Å². The zero-order valence-electron chi connectivity index (χ0n) is 10.9. The molecule has 2 fully saturated rings. The van der Waals surface area contributed by atoms with Crippen molar-refractivity contribution in [3.05, 3.63) is 0 Å². The molecule has 2 heterocycles. The summed E-state index contributed by atoms with van der Waals surface area (Å²) in [5.74, 6) is 1.37. The van der Waals surface area contributed by atoms with Crippen LogP contribution in [0.2, 0.25) is 0 Å². The van der Waals surface area contributed by atoms with Gasteiger partial charge in [-0.25, -0.2) is 12.7 Å². The van der Waals surface area contributed by atoms with E-state index in [1.165, 1.54) is 0 Å². The third kappa shape index (κ3) is 2.83. The van der Waals surface area contributed by atoms with Crippen LogP contribution in [-0.2, 0) is 10.0 Å². The summed E-state index contributed by atoms with van der Waals surface area (Å²) >= 11 is 0. The van der Waals surface area contributed by atoms with Gasteiger partial charge in [-0.3, -0.25) is 0 Å². The SMILES string of the molecule is CC(C)C1CCN(S(=O)(=O)C2CCNC2)CC1. The van der Waals surface area contributed by atoms with E-state index in [4.69, 9.17) is 0 Å². The fourth-order valence-electron chi connectivity index (χ4n) is 2.89. The molecule has 2 aliphatic heterocycles. The number of nitrogens with zero attached hydrogens (tertiary/aromatic N) is 1. The molecular formula is C12H24N2O2S. The highest BCUT2D eigenvalue weighted by atomic mass is 32.2. The van der Waals surface area contributed by atoms with E-state index in [9.17, 15) is 8.42 Å². The number of rotatable bonds is 3. The first-order chi connectivity index (χ1) is 8.01. The van der Waals surface area contributed by atoms with Crippen LogP contribution in [-0.4, -0.2) is 44.2 Å². The van der Waals surface area contributed by atoms with E-state index in [0.29, 0.717) is 18.4 Å². The maximum absolute atomic E-state index is 12.4. The van der Waals surface area contributed by atoms with E-state index in [2.05, 4.69) is 19.2 Å². The fourth-order valence-corrected chi connectivity index (χ4v) is 4.78. The lowest BCUT2D eigenvalue weighted by molar-refractivity contribution is 0.225. The summed E-state index contributed by atoms with van der Waals surface area (Å²) in [6.45, 7) is 7.38. The van der Waals surface area contributed by atoms with Gasteiger partial charge in [0.15, 0.2) is 0 Å². The van der Waals surface area contributed by atoms with Crippen molar-refractivity contribution in [1.29, 1.82) is 0 Å². The monoisotopic (exact) mass is 260 g/mol. The first-order valence-corrected chi connectivity index (χ1v) is 8.22. The van der Waals surface area contributed by atoms with Gasteiger partial charge < -0.3 is 5.32 Å². The van der Waals surface area contributed by atoms with Crippen molar-refractivity contribution in [2.24, 2.45) is 11.8 Å². The Hall–Kier alpha value is -0.130. The van der Waals surface area contributed by atoms with Crippen LogP contribution in [0.1, 0.15) is 33.1 Å². The molecule has 17 heavy (non-hydrogen) atoms. The van der Waals surface area contributed by atoms with Gasteiger partial charge in [-0.1, -0.05) is 13.8 Å². The standard InChI is InChI=1S/C12H24N2O2S/c1-10(2)11-4-7-14(8-5-11)17(15,16)12-3-6-13-9-12/h10-13H,3-9H2,1-2H3. The molecule has 4 nitrogen and oxygen atoms in total. The molecule has 1 unspecified atom stereocenters. The smallest absolute Gasteiger partial charge is 0.218 e. The van der Waals surface area contributed by atoms with Gasteiger partial charge in [-0.2, -0.15) is 0 Å². The topological polar surface area (TPSA) is 49.4 Å². The number of hydrogen-bond donors (Lipinski definition) is 1. The van der Waals surface area contributed by atoms with Crippen molar-refractivity contribution in [3.63, 3.8) is 0 Å². The second-order valence-electron chi connectivity index (χ2n) is 5.64. The first kappa shape index (κ1) is 13.3. The molecule has 2 rings (SSSR count). The van der Waals surface area contributed by atoms with Gasteiger partial charge >= 0.3 is 0 Å². The fraction of sp³-hybridized carbons (Fsp3) is 1.00. The largest absolute Gasteiger partial charge is 0.315 e. The van der Waals surface area contributed by atoms with Crippen LogP contribution in [0, 0.1) is 11.8 Å². The third-order valence-corrected chi connectivity index (χ3v) is 6.57. The van der Waals surface area contributed by atoms with E-state index < -0.39 is 10.0 Å². The molecular weight excluding hydrogens is 236 g/mol. The normalized spacial score (nSPS) is 29.0. The van der Waals surface area contributed by atoms with Crippen LogP contribution >= 0.6 is 0 Å². The zero-order chi connectivity index (χ0) is 12.5. The van der Waals surface area contributed by atoms with Crippen molar-refractivity contribution in [2.75, 3.05) is 26.2 Å². The van der Waals surface area contributed by atoms with Crippen LogP contribution in [0.15, 0.2) is 0 Å². The summed E-state index contributed by atoms with van der Waals surface area (Å²) in [5, 5.41) is 2.96. The van der Waals surface area contributed by atoms with Gasteiger partial charge in [0.05, 0.1) is 5.25 Å². The van der Waals surface area contributed by atoms with Crippen LogP contribution in [0.4, 0.5) is 0 Å². The summed E-state index contributed by atoms with van der Waals surface area (Å²) in [4.78, 5) is 0. The molecule has 2 aliphatic rings. The Balaban J connectivity index is 1.95. The maximum Gasteiger partial charge on any atom is 0.218 e. The van der Waals surface area contributed by atoms with Crippen molar-refractivity contribution in [2.45, 2.75) is 38.4 Å². The molecule has 0 bridgehead atoms. The second-order valence-corrected chi connectivity index (χ2v) is 7.85. The molecule has 0 spiro atoms. The Morgan fingerprint density at radius 3 is 2.29 bits per heavy atom. The quantitative estimate of drug-likeness (QED) is 0.825. The Morgan fingerprint density at radius 2 is 1.82 bits per heavy atom. The molecule has 0 amide bonds. The van der Waals surface area contributed by atoms with Crippen molar-refractivity contribution >= 4 is 10.0 Å². The Bertz CT molecular complexity index is 340. The average Bonchev–Trinajstić information content (AvgIpc) is 2.83. The Labute approximate surface area is 105 Å². The molecule has 2 saturated heterocycles. The van der Waals surface area contributed by atoms with E-state index >= 15 is 0 Å². The number of nitrogens with one attached hydrogen (secondary N) is 1. The minimum absolute atomic E-state index is 0.182. The highest BCUT2D eigenvalue weighted by molar-refractivity contribution is 7.89. The van der Waals surface area contributed by atoms with Gasteiger partial charge in [0.2, 0.25) is 10.0 Å². The van der Waals surface area contributed by atoms with Gasteiger partial charge in [0, 0.05) is 19.6 Å². The molecule has 0 aliphatic carbocycles. The summed E-state index contributed by atoms with van der Waals surface area (Å²) < 4.78 is 26.4. The van der Waals surface area contributed by atoms with Gasteiger partial charge in [0.25, 0.3) is 0 Å². The summed E-state index contributed by atoms with van der Waals surface area (Å²) in [6, 6.07) is 0. The molecule has 1 N–H and O–H groups in total. The van der Waals surface area contributed by atoms with Gasteiger partial charge in [-0.05, 0) is 37.6 Å². The Morgan fingerprint density at radius 1 is 1.18 bits per heavy atom. The number of piperidine rings is 1. The lowest BCUT2D eigenvalue weighted by Gasteiger charge is -2.34. The average molecular weight is 260 g/mol. The van der Waals surface area contributed by atoms with Gasteiger partial charge in [0.1, 0.15) is 0 Å². The summed E-state index contributed by atoms with van der Waals surface area (Å²) in [5.41, 5.74) is 0. The molecule has 0 aromatic carbocycles. The Kier molecular flexibility index (Phi) is 4.10. The molecule has 0 saturated carbocycles. The van der Waals surface area contributed by atoms with Crippen LogP contribution in [0.3, 0.4) is 0 Å². The summed E-state index contributed by atoms with van der Waals surface area (Å²) in [6.07, 6.45) is 2.82. The first-order valence-electron chi connectivity index (χ1n) is 6.71. The zero-order valence-corrected chi connectivity index (χ0v) is 11.7. The molecule has 1 atom stereocenters. The predicted octanol–water partition coefficient (Wildman–Crippen LogP) is 1.05. The summed E-state index contributed by atoms with van der Waals surface area (Å²) in [7, 11) is -3.04. The van der Waals surface area contributed by atoms with Crippen molar-refractivity contribution in [3.8, 4) is 0 Å². The van der Waals surface area contributed by atoms with Gasteiger partial charge in [-0.15, -0.1) is 0 Å². The minimum Gasteiger partial charge on any atom is -0.315 e. The maximum atomic E-state index is 12.4. The second kappa shape index (κ2) is 5.24. The molecule has 0 radical (unpaired) electrons. The van der Waals surface area contributed by atoms with Crippen LogP contribution < -0.4 is 5.32 Å². The lowest BCUT2D eigenvalue weighted by Crippen LogP contribution is -2.44. The lowest BCUT2D eigenvalue weighted by atomic mass is 9.87. The third-order valence-electron chi connectivity index (χ3n) is 4.24. The van der Waals surface area contributed by atoms with E-state index in [0.717, 1.165) is 38.9 Å². The van der Waals surface area contributed by atoms with Crippen LogP contribution in [0.25, 0.3) is 0 Å². The minimum atomic E-state index is -3.04. The highest BCUT2D eigenvalue weighted by Gasteiger charge is 2.36. The highest BCUT2D eigenvalue weighted by Crippen LogP contribution is 2.27.